The summed E-state index contributed by atoms with van der Waals surface area (Å²) in [6, 6.07) is 12.6. The van der Waals surface area contributed by atoms with Crippen LogP contribution in [0.25, 0.3) is 0 Å². The predicted molar refractivity (Wildman–Crippen MR) is 130 cm³/mol. The Morgan fingerprint density at radius 3 is 2.65 bits per heavy atom. The van der Waals surface area contributed by atoms with E-state index < -0.39 is 5.97 Å². The van der Waals surface area contributed by atoms with Crippen molar-refractivity contribution < 1.29 is 14.3 Å². The fraction of sp³-hybridized carbons (Fsp3) is 0.348. The summed E-state index contributed by atoms with van der Waals surface area (Å²) in [4.78, 5) is 12.6. The second-order valence-electron chi connectivity index (χ2n) is 7.21. The molecule has 31 heavy (non-hydrogen) atoms. The molecule has 0 spiro atoms. The van der Waals surface area contributed by atoms with Gasteiger partial charge < -0.3 is 14.8 Å². The second-order valence-corrected chi connectivity index (χ2v) is 8.53. The van der Waals surface area contributed by atoms with Gasteiger partial charge in [0.1, 0.15) is 11.5 Å². The minimum Gasteiger partial charge on any atom is -0.494 e. The molecule has 0 aliphatic heterocycles. The van der Waals surface area contributed by atoms with Crippen molar-refractivity contribution in [2.75, 3.05) is 6.61 Å². The minimum atomic E-state index is -0.456. The Kier molecular flexibility index (Phi) is 8.85. The second kappa shape index (κ2) is 11.8. The summed E-state index contributed by atoms with van der Waals surface area (Å²) in [6.45, 7) is 2.48. The first-order valence-electron chi connectivity index (χ1n) is 10.4. The smallest absolute Gasteiger partial charge is 0.343 e. The number of halogens is 1. The molecule has 1 fully saturated rings. The van der Waals surface area contributed by atoms with Gasteiger partial charge in [-0.25, -0.2) is 4.79 Å². The van der Waals surface area contributed by atoms with Crippen LogP contribution < -0.4 is 20.2 Å². The van der Waals surface area contributed by atoms with Crippen molar-refractivity contribution in [1.82, 2.24) is 10.7 Å². The van der Waals surface area contributed by atoms with Gasteiger partial charge in [0.2, 0.25) is 0 Å². The SMILES string of the molecule is CCOc1ccc(C(=O)Oc2ccc(Br)cc2C=NNC(=S)NC2CCCCC2)cc1. The molecular weight excluding hydrogens is 478 g/mol. The third kappa shape index (κ3) is 7.33. The summed E-state index contributed by atoms with van der Waals surface area (Å²) in [6.07, 6.45) is 7.58. The van der Waals surface area contributed by atoms with E-state index in [9.17, 15) is 4.79 Å². The number of hydrazone groups is 1. The van der Waals surface area contributed by atoms with Crippen molar-refractivity contribution in [1.29, 1.82) is 0 Å². The third-order valence-corrected chi connectivity index (χ3v) is 5.59. The Morgan fingerprint density at radius 1 is 1.19 bits per heavy atom. The molecule has 8 heteroatoms. The van der Waals surface area contributed by atoms with Crippen LogP contribution in [0.3, 0.4) is 0 Å². The number of hydrogen-bond acceptors (Lipinski definition) is 5. The molecule has 1 saturated carbocycles. The van der Waals surface area contributed by atoms with E-state index in [1.165, 1.54) is 19.3 Å². The van der Waals surface area contributed by atoms with Gasteiger partial charge in [-0.3, -0.25) is 5.43 Å². The van der Waals surface area contributed by atoms with Gasteiger partial charge in [0.15, 0.2) is 5.11 Å². The van der Waals surface area contributed by atoms with E-state index in [4.69, 9.17) is 21.7 Å². The number of hydrogen-bond donors (Lipinski definition) is 2. The van der Waals surface area contributed by atoms with E-state index in [1.54, 1.807) is 42.6 Å². The van der Waals surface area contributed by atoms with Crippen LogP contribution in [0.15, 0.2) is 52.0 Å². The highest BCUT2D eigenvalue weighted by Gasteiger charge is 2.14. The molecule has 0 aromatic heterocycles. The molecule has 0 amide bonds. The van der Waals surface area contributed by atoms with E-state index in [-0.39, 0.29) is 0 Å². The van der Waals surface area contributed by atoms with E-state index >= 15 is 0 Å². The van der Waals surface area contributed by atoms with E-state index in [0.717, 1.165) is 17.3 Å². The largest absolute Gasteiger partial charge is 0.494 e. The molecule has 0 heterocycles. The predicted octanol–water partition coefficient (Wildman–Crippen LogP) is 5.20. The molecule has 6 nitrogen and oxygen atoms in total. The number of thiocarbonyl (C=S) groups is 1. The lowest BCUT2D eigenvalue weighted by molar-refractivity contribution is 0.0734. The molecule has 0 atom stereocenters. The Bertz CT molecular complexity index is 928. The van der Waals surface area contributed by atoms with Crippen molar-refractivity contribution >= 4 is 45.4 Å². The number of nitrogens with zero attached hydrogens (tertiary/aromatic N) is 1. The zero-order valence-electron chi connectivity index (χ0n) is 17.4. The monoisotopic (exact) mass is 503 g/mol. The number of carbonyl (C=O) groups excluding carboxylic acids is 1. The fourth-order valence-electron chi connectivity index (χ4n) is 3.35. The molecule has 0 bridgehead atoms. The van der Waals surface area contributed by atoms with Gasteiger partial charge in [0, 0.05) is 16.1 Å². The van der Waals surface area contributed by atoms with Crippen LogP contribution in [0.2, 0.25) is 0 Å². The van der Waals surface area contributed by atoms with Gasteiger partial charge >= 0.3 is 5.97 Å². The molecule has 0 saturated heterocycles. The summed E-state index contributed by atoms with van der Waals surface area (Å²) < 4.78 is 11.8. The van der Waals surface area contributed by atoms with Crippen molar-refractivity contribution in [3.8, 4) is 11.5 Å². The van der Waals surface area contributed by atoms with Gasteiger partial charge in [-0.05, 0) is 74.4 Å². The standard InChI is InChI=1S/C23H26BrN3O3S/c1-2-29-20-11-8-16(9-12-20)22(28)30-21-13-10-18(24)14-17(21)15-25-27-23(31)26-19-6-4-3-5-7-19/h8-15,19H,2-7H2,1H3,(H2,26,27,31). The summed E-state index contributed by atoms with van der Waals surface area (Å²) in [5.74, 6) is 0.653. The van der Waals surface area contributed by atoms with Gasteiger partial charge in [0.25, 0.3) is 0 Å². The Hall–Kier alpha value is -2.45. The van der Waals surface area contributed by atoms with Crippen LogP contribution in [0.5, 0.6) is 11.5 Å². The summed E-state index contributed by atoms with van der Waals surface area (Å²) in [7, 11) is 0. The van der Waals surface area contributed by atoms with Gasteiger partial charge in [0.05, 0.1) is 18.4 Å². The number of rotatable bonds is 7. The number of carbonyl (C=O) groups is 1. The van der Waals surface area contributed by atoms with Crippen LogP contribution in [-0.2, 0) is 0 Å². The van der Waals surface area contributed by atoms with Crippen molar-refractivity contribution in [2.24, 2.45) is 5.10 Å². The first-order valence-corrected chi connectivity index (χ1v) is 11.6. The highest BCUT2D eigenvalue weighted by atomic mass is 79.9. The van der Waals surface area contributed by atoms with Crippen LogP contribution in [0.4, 0.5) is 0 Å². The van der Waals surface area contributed by atoms with E-state index in [1.807, 2.05) is 13.0 Å². The Balaban J connectivity index is 1.62. The highest BCUT2D eigenvalue weighted by Crippen LogP contribution is 2.23. The number of ether oxygens (including phenoxy) is 2. The molecule has 3 rings (SSSR count). The zero-order chi connectivity index (χ0) is 22.1. The molecule has 164 valence electrons. The average Bonchev–Trinajstić information content (AvgIpc) is 2.77. The van der Waals surface area contributed by atoms with Crippen LogP contribution in [0, 0.1) is 0 Å². The molecule has 0 unspecified atom stereocenters. The Morgan fingerprint density at radius 2 is 1.94 bits per heavy atom. The van der Waals surface area contributed by atoms with E-state index in [0.29, 0.717) is 40.4 Å². The number of esters is 1. The summed E-state index contributed by atoms with van der Waals surface area (Å²) >= 11 is 8.77. The third-order valence-electron chi connectivity index (χ3n) is 4.89. The van der Waals surface area contributed by atoms with Crippen LogP contribution in [0.1, 0.15) is 54.9 Å². The van der Waals surface area contributed by atoms with Crippen LogP contribution >= 0.6 is 28.1 Å². The molecule has 1 aliphatic rings. The number of benzene rings is 2. The highest BCUT2D eigenvalue weighted by molar-refractivity contribution is 9.10. The van der Waals surface area contributed by atoms with Crippen molar-refractivity contribution in [3.63, 3.8) is 0 Å². The molecule has 2 N–H and O–H groups in total. The van der Waals surface area contributed by atoms with Crippen molar-refractivity contribution in [2.45, 2.75) is 45.1 Å². The van der Waals surface area contributed by atoms with Gasteiger partial charge in [-0.15, -0.1) is 0 Å². The normalized spacial score (nSPS) is 14.3. The lowest BCUT2D eigenvalue weighted by Gasteiger charge is -2.23. The first-order chi connectivity index (χ1) is 15.0. The molecular formula is C23H26BrN3O3S. The van der Waals surface area contributed by atoms with Crippen LogP contribution in [-0.4, -0.2) is 29.9 Å². The quantitative estimate of drug-likeness (QED) is 0.178. The minimum absolute atomic E-state index is 0.402. The maximum atomic E-state index is 12.6. The van der Waals surface area contributed by atoms with Gasteiger partial charge in [-0.1, -0.05) is 35.2 Å². The molecule has 2 aromatic rings. The first kappa shape index (κ1) is 23.2. The lowest BCUT2D eigenvalue weighted by Crippen LogP contribution is -2.40. The Labute approximate surface area is 196 Å². The van der Waals surface area contributed by atoms with E-state index in [2.05, 4.69) is 31.8 Å². The van der Waals surface area contributed by atoms with Crippen molar-refractivity contribution in [3.05, 3.63) is 58.1 Å². The molecule has 2 aromatic carbocycles. The summed E-state index contributed by atoms with van der Waals surface area (Å²) in [5, 5.41) is 8.01. The fourth-order valence-corrected chi connectivity index (χ4v) is 3.95. The van der Waals surface area contributed by atoms with Gasteiger partial charge in [-0.2, -0.15) is 5.10 Å². The maximum Gasteiger partial charge on any atom is 0.343 e. The zero-order valence-corrected chi connectivity index (χ0v) is 19.8. The summed E-state index contributed by atoms with van der Waals surface area (Å²) in [5.41, 5.74) is 3.92. The number of nitrogens with one attached hydrogen (secondary N) is 2. The topological polar surface area (TPSA) is 72.0 Å². The molecule has 0 radical (unpaired) electrons. The molecule has 1 aliphatic carbocycles. The average molecular weight is 504 g/mol. The maximum absolute atomic E-state index is 12.6. The lowest BCUT2D eigenvalue weighted by atomic mass is 9.96.